The molecule has 0 saturated carbocycles. The maximum Gasteiger partial charge on any atom is 0.305 e. The van der Waals surface area contributed by atoms with E-state index in [4.69, 9.17) is 9.84 Å². The average molecular weight is 305 g/mol. The first-order valence-electron chi connectivity index (χ1n) is 7.75. The molecule has 0 spiro atoms. The Kier molecular flexibility index (Phi) is 5.06. The number of carboxylic acids is 1. The van der Waals surface area contributed by atoms with Crippen LogP contribution in [0.2, 0.25) is 0 Å². The highest BCUT2D eigenvalue weighted by atomic mass is 16.5. The number of ether oxygens (including phenoxy) is 1. The molecule has 120 valence electrons. The van der Waals surface area contributed by atoms with E-state index < -0.39 is 12.1 Å². The molecule has 0 fully saturated rings. The first-order valence-corrected chi connectivity index (χ1v) is 7.75. The fourth-order valence-electron chi connectivity index (χ4n) is 2.78. The maximum atomic E-state index is 12.6. The number of amides is 1. The van der Waals surface area contributed by atoms with Crippen molar-refractivity contribution in [3.8, 4) is 5.75 Å². The largest absolute Gasteiger partial charge is 0.481 e. The van der Waals surface area contributed by atoms with Crippen LogP contribution in [0.1, 0.15) is 43.7 Å². The lowest BCUT2D eigenvalue weighted by atomic mass is 10.0. The fourth-order valence-corrected chi connectivity index (χ4v) is 2.78. The van der Waals surface area contributed by atoms with E-state index in [1.807, 2.05) is 26.0 Å². The van der Waals surface area contributed by atoms with E-state index in [0.717, 1.165) is 24.0 Å². The number of aliphatic carboxylic acids is 1. The van der Waals surface area contributed by atoms with Crippen molar-refractivity contribution in [3.05, 3.63) is 23.3 Å². The SMILES string of the molecule is CCCCC1Oc2c(C)cc(C)cc2N(CCC(=O)O)C1=O. The molecule has 0 aliphatic carbocycles. The molecule has 1 aromatic carbocycles. The second kappa shape index (κ2) is 6.81. The standard InChI is InChI=1S/C17H23NO4/c1-4-5-6-14-17(21)18(8-7-15(19)20)13-10-11(2)9-12(3)16(13)22-14/h9-10,14H,4-8H2,1-3H3,(H,19,20). The van der Waals surface area contributed by atoms with Crippen LogP contribution in [0, 0.1) is 13.8 Å². The van der Waals surface area contributed by atoms with Gasteiger partial charge < -0.3 is 14.7 Å². The monoisotopic (exact) mass is 305 g/mol. The summed E-state index contributed by atoms with van der Waals surface area (Å²) in [5.74, 6) is -0.334. The summed E-state index contributed by atoms with van der Waals surface area (Å²) in [6.07, 6.45) is 1.97. The van der Waals surface area contributed by atoms with Crippen LogP contribution in [0.15, 0.2) is 12.1 Å². The van der Waals surface area contributed by atoms with Gasteiger partial charge in [-0.15, -0.1) is 0 Å². The van der Waals surface area contributed by atoms with Crippen LogP contribution in [0.3, 0.4) is 0 Å². The normalized spacial score (nSPS) is 17.1. The first kappa shape index (κ1) is 16.3. The Labute approximate surface area is 130 Å². The van der Waals surface area contributed by atoms with Gasteiger partial charge in [0.15, 0.2) is 6.10 Å². The van der Waals surface area contributed by atoms with Gasteiger partial charge in [-0.05, 0) is 43.9 Å². The molecule has 0 aromatic heterocycles. The van der Waals surface area contributed by atoms with Gasteiger partial charge in [-0.2, -0.15) is 0 Å². The molecule has 5 nitrogen and oxygen atoms in total. The van der Waals surface area contributed by atoms with Crippen molar-refractivity contribution in [1.29, 1.82) is 0 Å². The molecular formula is C17H23NO4. The third-order valence-electron chi connectivity index (χ3n) is 3.86. The molecule has 1 heterocycles. The molecule has 1 aliphatic heterocycles. The van der Waals surface area contributed by atoms with Crippen LogP contribution in [0.4, 0.5) is 5.69 Å². The highest BCUT2D eigenvalue weighted by molar-refractivity contribution is 6.00. The molecular weight excluding hydrogens is 282 g/mol. The summed E-state index contributed by atoms with van der Waals surface area (Å²) in [4.78, 5) is 25.1. The molecule has 0 bridgehead atoms. The molecule has 22 heavy (non-hydrogen) atoms. The van der Waals surface area contributed by atoms with E-state index in [0.29, 0.717) is 17.9 Å². The predicted molar refractivity (Wildman–Crippen MR) is 84.5 cm³/mol. The van der Waals surface area contributed by atoms with Crippen LogP contribution < -0.4 is 9.64 Å². The van der Waals surface area contributed by atoms with E-state index in [1.165, 1.54) is 0 Å². The summed E-state index contributed by atoms with van der Waals surface area (Å²) < 4.78 is 5.93. The van der Waals surface area contributed by atoms with Crippen molar-refractivity contribution < 1.29 is 19.4 Å². The molecule has 5 heteroatoms. The Morgan fingerprint density at radius 1 is 1.36 bits per heavy atom. The van der Waals surface area contributed by atoms with Crippen molar-refractivity contribution in [2.24, 2.45) is 0 Å². The Hall–Kier alpha value is -2.04. The molecule has 1 amide bonds. The smallest absolute Gasteiger partial charge is 0.305 e. The van der Waals surface area contributed by atoms with Gasteiger partial charge in [-0.25, -0.2) is 0 Å². The minimum atomic E-state index is -0.907. The molecule has 1 atom stereocenters. The summed E-state index contributed by atoms with van der Waals surface area (Å²) in [6.45, 7) is 6.15. The third-order valence-corrected chi connectivity index (χ3v) is 3.86. The summed E-state index contributed by atoms with van der Waals surface area (Å²) >= 11 is 0. The lowest BCUT2D eigenvalue weighted by Crippen LogP contribution is -2.47. The van der Waals surface area contributed by atoms with Crippen molar-refractivity contribution >= 4 is 17.6 Å². The van der Waals surface area contributed by atoms with Gasteiger partial charge in [0, 0.05) is 6.54 Å². The molecule has 0 saturated heterocycles. The number of aryl methyl sites for hydroxylation is 2. The highest BCUT2D eigenvalue weighted by Gasteiger charge is 2.35. The van der Waals surface area contributed by atoms with Crippen molar-refractivity contribution in [1.82, 2.24) is 0 Å². The number of unbranched alkanes of at least 4 members (excludes halogenated alkanes) is 1. The van der Waals surface area contributed by atoms with Gasteiger partial charge in [-0.1, -0.05) is 19.4 Å². The van der Waals surface area contributed by atoms with Crippen LogP contribution in [-0.4, -0.2) is 29.6 Å². The van der Waals surface area contributed by atoms with Gasteiger partial charge in [0.05, 0.1) is 12.1 Å². The number of anilines is 1. The zero-order valence-electron chi connectivity index (χ0n) is 13.4. The number of carboxylic acid groups (broad SMARTS) is 1. The minimum Gasteiger partial charge on any atom is -0.481 e. The Bertz CT molecular complexity index is 582. The van der Waals surface area contributed by atoms with Gasteiger partial charge in [0.1, 0.15) is 5.75 Å². The Morgan fingerprint density at radius 3 is 2.73 bits per heavy atom. The highest BCUT2D eigenvalue weighted by Crippen LogP contribution is 2.38. The number of carbonyl (C=O) groups is 2. The number of nitrogens with zero attached hydrogens (tertiary/aromatic N) is 1. The number of carbonyl (C=O) groups excluding carboxylic acids is 1. The third kappa shape index (κ3) is 3.40. The second-order valence-corrected chi connectivity index (χ2v) is 5.81. The number of benzene rings is 1. The summed E-state index contributed by atoms with van der Waals surface area (Å²) in [7, 11) is 0. The van der Waals surface area contributed by atoms with Gasteiger partial charge in [-0.3, -0.25) is 9.59 Å². The van der Waals surface area contributed by atoms with Crippen LogP contribution in [-0.2, 0) is 9.59 Å². The summed E-state index contributed by atoms with van der Waals surface area (Å²) in [6, 6.07) is 3.90. The van der Waals surface area contributed by atoms with Gasteiger partial charge in [0.2, 0.25) is 0 Å². The number of hydrogen-bond acceptors (Lipinski definition) is 3. The molecule has 0 radical (unpaired) electrons. The Balaban J connectivity index is 2.36. The molecule has 1 aliphatic rings. The lowest BCUT2D eigenvalue weighted by molar-refractivity contribution is -0.136. The topological polar surface area (TPSA) is 66.8 Å². The van der Waals surface area contributed by atoms with E-state index in [1.54, 1.807) is 4.90 Å². The zero-order valence-corrected chi connectivity index (χ0v) is 13.4. The van der Waals surface area contributed by atoms with Crippen molar-refractivity contribution in [3.63, 3.8) is 0 Å². The quantitative estimate of drug-likeness (QED) is 0.877. The summed E-state index contributed by atoms with van der Waals surface area (Å²) in [5.41, 5.74) is 2.70. The molecule has 1 unspecified atom stereocenters. The Morgan fingerprint density at radius 2 is 2.09 bits per heavy atom. The first-order chi connectivity index (χ1) is 10.4. The van der Waals surface area contributed by atoms with E-state index in [2.05, 4.69) is 6.92 Å². The van der Waals surface area contributed by atoms with E-state index >= 15 is 0 Å². The van der Waals surface area contributed by atoms with Crippen LogP contribution >= 0.6 is 0 Å². The van der Waals surface area contributed by atoms with Crippen LogP contribution in [0.5, 0.6) is 5.75 Å². The second-order valence-electron chi connectivity index (χ2n) is 5.81. The molecule has 1 aromatic rings. The van der Waals surface area contributed by atoms with E-state index in [-0.39, 0.29) is 18.9 Å². The predicted octanol–water partition coefficient (Wildman–Crippen LogP) is 3.06. The molecule has 1 N–H and O–H groups in total. The number of rotatable bonds is 6. The molecule has 2 rings (SSSR count). The summed E-state index contributed by atoms with van der Waals surface area (Å²) in [5, 5.41) is 8.93. The zero-order chi connectivity index (χ0) is 16.3. The lowest BCUT2D eigenvalue weighted by Gasteiger charge is -2.35. The van der Waals surface area contributed by atoms with E-state index in [9.17, 15) is 9.59 Å². The number of hydrogen-bond donors (Lipinski definition) is 1. The van der Waals surface area contributed by atoms with Gasteiger partial charge in [0.25, 0.3) is 5.91 Å². The van der Waals surface area contributed by atoms with Gasteiger partial charge >= 0.3 is 5.97 Å². The maximum absolute atomic E-state index is 12.6. The average Bonchev–Trinajstić information content (AvgIpc) is 2.44. The number of fused-ring (bicyclic) bond motifs is 1. The van der Waals surface area contributed by atoms with Crippen molar-refractivity contribution in [2.75, 3.05) is 11.4 Å². The van der Waals surface area contributed by atoms with Crippen molar-refractivity contribution in [2.45, 2.75) is 52.6 Å². The fraction of sp³-hybridized carbons (Fsp3) is 0.529. The van der Waals surface area contributed by atoms with Crippen LogP contribution in [0.25, 0.3) is 0 Å². The minimum absolute atomic E-state index is 0.0708.